The molecule has 1 aliphatic rings. The van der Waals surface area contributed by atoms with E-state index in [1.54, 1.807) is 0 Å². The summed E-state index contributed by atoms with van der Waals surface area (Å²) >= 11 is 0. The summed E-state index contributed by atoms with van der Waals surface area (Å²) in [6.45, 7) is 11.1. The maximum absolute atomic E-state index is 13.0. The highest BCUT2D eigenvalue weighted by atomic mass is 16.5. The van der Waals surface area contributed by atoms with Crippen molar-refractivity contribution in [3.63, 3.8) is 0 Å². The second-order valence-corrected chi connectivity index (χ2v) is 8.68. The first-order chi connectivity index (χ1) is 15.3. The number of nitrogens with one attached hydrogen (secondary N) is 1. The van der Waals surface area contributed by atoms with E-state index in [0.29, 0.717) is 24.7 Å². The summed E-state index contributed by atoms with van der Waals surface area (Å²) in [4.78, 5) is 28.7. The molecule has 1 amide bonds. The molecule has 32 heavy (non-hydrogen) atoms. The van der Waals surface area contributed by atoms with Crippen molar-refractivity contribution in [3.8, 4) is 0 Å². The van der Waals surface area contributed by atoms with Crippen LogP contribution in [0.2, 0.25) is 0 Å². The van der Waals surface area contributed by atoms with Crippen molar-refractivity contribution in [1.29, 1.82) is 0 Å². The highest BCUT2D eigenvalue weighted by Crippen LogP contribution is 2.29. The molecule has 0 aromatic carbocycles. The van der Waals surface area contributed by atoms with Crippen LogP contribution in [-0.2, 0) is 11.2 Å². The molecule has 1 atom stereocenters. The Bertz CT molecular complexity index is 1100. The van der Waals surface area contributed by atoms with Crippen LogP contribution in [0.25, 0.3) is 0 Å². The fourth-order valence-electron chi connectivity index (χ4n) is 4.35. The zero-order chi connectivity index (χ0) is 22.8. The number of aryl methyl sites for hydroxylation is 5. The molecule has 0 bridgehead atoms. The number of aromatic nitrogens is 4. The van der Waals surface area contributed by atoms with Crippen LogP contribution < -0.4 is 5.32 Å². The monoisotopic (exact) mass is 434 g/mol. The van der Waals surface area contributed by atoms with Gasteiger partial charge in [0, 0.05) is 53.0 Å². The number of hydrogen-bond donors (Lipinski definition) is 1. The van der Waals surface area contributed by atoms with Crippen LogP contribution in [-0.4, -0.2) is 44.0 Å². The maximum Gasteiger partial charge on any atom is 0.227 e. The normalized spacial score (nSPS) is 16.3. The molecule has 1 fully saturated rings. The lowest BCUT2D eigenvalue weighted by Gasteiger charge is -2.33. The molecular weight excluding hydrogens is 404 g/mol. The lowest BCUT2D eigenvalue weighted by Crippen LogP contribution is -2.40. The fourth-order valence-corrected chi connectivity index (χ4v) is 4.35. The quantitative estimate of drug-likeness (QED) is 0.646. The van der Waals surface area contributed by atoms with Gasteiger partial charge in [0.05, 0.1) is 12.1 Å². The molecule has 0 spiro atoms. The molecular formula is C24H30N6O2. The van der Waals surface area contributed by atoms with Crippen molar-refractivity contribution >= 4 is 17.5 Å². The van der Waals surface area contributed by atoms with Crippen LogP contribution in [0.4, 0.5) is 11.6 Å². The van der Waals surface area contributed by atoms with Crippen LogP contribution in [0, 0.1) is 34.6 Å². The minimum atomic E-state index is 0.110. The molecule has 0 saturated carbocycles. The average Bonchev–Trinajstić information content (AvgIpc) is 3.04. The molecule has 8 heteroatoms. The van der Waals surface area contributed by atoms with E-state index < -0.39 is 0 Å². The average molecular weight is 435 g/mol. The first-order valence-electron chi connectivity index (χ1n) is 11.1. The predicted octanol–water partition coefficient (Wildman–Crippen LogP) is 4.09. The van der Waals surface area contributed by atoms with E-state index >= 15 is 0 Å². The van der Waals surface area contributed by atoms with Gasteiger partial charge in [-0.25, -0.2) is 9.97 Å². The Balaban J connectivity index is 1.50. The number of carbonyl (C=O) groups is 1. The minimum absolute atomic E-state index is 0.110. The summed E-state index contributed by atoms with van der Waals surface area (Å²) in [5.74, 6) is 1.60. The SMILES string of the molecule is Cc1cc(Nc2nc(C)cc(C)n2)cc([C@H]2CCCN(C(=O)Cc3c(C)noc3C)C2)n1. The van der Waals surface area contributed by atoms with Crippen molar-refractivity contribution in [2.24, 2.45) is 0 Å². The van der Waals surface area contributed by atoms with E-state index in [2.05, 4.69) is 26.5 Å². The number of likely N-dealkylation sites (tertiary alicyclic amines) is 1. The third-order valence-corrected chi connectivity index (χ3v) is 5.91. The molecule has 0 radical (unpaired) electrons. The van der Waals surface area contributed by atoms with Crippen molar-refractivity contribution in [2.75, 3.05) is 18.4 Å². The van der Waals surface area contributed by atoms with Gasteiger partial charge in [0.25, 0.3) is 0 Å². The Labute approximate surface area is 188 Å². The fraction of sp³-hybridized carbons (Fsp3) is 0.458. The van der Waals surface area contributed by atoms with Gasteiger partial charge in [0.1, 0.15) is 5.76 Å². The topological polar surface area (TPSA) is 97.0 Å². The van der Waals surface area contributed by atoms with Crippen LogP contribution in [0.3, 0.4) is 0 Å². The Kier molecular flexibility index (Phi) is 6.21. The van der Waals surface area contributed by atoms with E-state index in [1.165, 1.54) is 0 Å². The van der Waals surface area contributed by atoms with Crippen LogP contribution in [0.5, 0.6) is 0 Å². The lowest BCUT2D eigenvalue weighted by atomic mass is 9.93. The summed E-state index contributed by atoms with van der Waals surface area (Å²) in [5.41, 5.74) is 6.35. The lowest BCUT2D eigenvalue weighted by molar-refractivity contribution is -0.131. The number of amides is 1. The molecule has 3 aromatic heterocycles. The molecule has 0 unspecified atom stereocenters. The Morgan fingerprint density at radius 2 is 1.78 bits per heavy atom. The van der Waals surface area contributed by atoms with E-state index in [1.807, 2.05) is 51.7 Å². The maximum atomic E-state index is 13.0. The number of nitrogens with zero attached hydrogens (tertiary/aromatic N) is 5. The van der Waals surface area contributed by atoms with Crippen molar-refractivity contribution in [1.82, 2.24) is 25.0 Å². The van der Waals surface area contributed by atoms with Crippen LogP contribution in [0.15, 0.2) is 22.7 Å². The van der Waals surface area contributed by atoms with E-state index in [4.69, 9.17) is 9.51 Å². The van der Waals surface area contributed by atoms with Gasteiger partial charge in [-0.1, -0.05) is 5.16 Å². The molecule has 4 rings (SSSR count). The Morgan fingerprint density at radius 3 is 2.47 bits per heavy atom. The second kappa shape index (κ2) is 9.06. The van der Waals surface area contributed by atoms with Gasteiger partial charge in [-0.3, -0.25) is 9.78 Å². The molecule has 1 N–H and O–H groups in total. The molecule has 1 aliphatic heterocycles. The number of anilines is 2. The van der Waals surface area contributed by atoms with Gasteiger partial charge in [-0.2, -0.15) is 0 Å². The first kappa shape index (κ1) is 21.9. The van der Waals surface area contributed by atoms with Crippen LogP contribution >= 0.6 is 0 Å². The highest BCUT2D eigenvalue weighted by molar-refractivity contribution is 5.79. The Morgan fingerprint density at radius 1 is 1.06 bits per heavy atom. The third-order valence-electron chi connectivity index (χ3n) is 5.91. The first-order valence-corrected chi connectivity index (χ1v) is 11.1. The predicted molar refractivity (Wildman–Crippen MR) is 122 cm³/mol. The highest BCUT2D eigenvalue weighted by Gasteiger charge is 2.27. The van der Waals surface area contributed by atoms with E-state index in [0.717, 1.165) is 59.1 Å². The van der Waals surface area contributed by atoms with Gasteiger partial charge in [0.15, 0.2) is 0 Å². The number of hydrogen-bond acceptors (Lipinski definition) is 7. The van der Waals surface area contributed by atoms with Crippen LogP contribution in [0.1, 0.15) is 58.6 Å². The zero-order valence-electron chi connectivity index (χ0n) is 19.4. The molecule has 3 aromatic rings. The van der Waals surface area contributed by atoms with Crippen molar-refractivity contribution in [3.05, 3.63) is 58.0 Å². The van der Waals surface area contributed by atoms with Crippen molar-refractivity contribution < 1.29 is 9.32 Å². The second-order valence-electron chi connectivity index (χ2n) is 8.68. The molecule has 8 nitrogen and oxygen atoms in total. The van der Waals surface area contributed by atoms with Gasteiger partial charge in [0.2, 0.25) is 11.9 Å². The third kappa shape index (κ3) is 4.95. The number of carbonyl (C=O) groups excluding carboxylic acids is 1. The smallest absolute Gasteiger partial charge is 0.227 e. The van der Waals surface area contributed by atoms with Gasteiger partial charge < -0.3 is 14.7 Å². The standard InChI is InChI=1S/C24H30N6O2/c1-14-9-15(2)27-24(26-14)28-20-10-16(3)25-22(11-20)19-7-6-8-30(13-19)23(31)12-21-17(4)29-32-18(21)5/h9-11,19H,6-8,12-13H2,1-5H3,(H,25,26,27,28)/t19-/m0/s1. The van der Waals surface area contributed by atoms with E-state index in [9.17, 15) is 4.79 Å². The van der Waals surface area contributed by atoms with Crippen molar-refractivity contribution in [2.45, 2.75) is 59.8 Å². The molecule has 1 saturated heterocycles. The zero-order valence-corrected chi connectivity index (χ0v) is 19.4. The molecule has 168 valence electrons. The largest absolute Gasteiger partial charge is 0.361 e. The summed E-state index contributed by atoms with van der Waals surface area (Å²) < 4.78 is 5.22. The van der Waals surface area contributed by atoms with Gasteiger partial charge in [-0.15, -0.1) is 0 Å². The molecule has 0 aliphatic carbocycles. The number of rotatable bonds is 5. The summed E-state index contributed by atoms with van der Waals surface area (Å²) in [6.07, 6.45) is 2.29. The van der Waals surface area contributed by atoms with Gasteiger partial charge >= 0.3 is 0 Å². The molecule has 4 heterocycles. The number of pyridine rings is 1. The van der Waals surface area contributed by atoms with E-state index in [-0.39, 0.29) is 11.8 Å². The van der Waals surface area contributed by atoms with Gasteiger partial charge in [-0.05, 0) is 65.7 Å². The Hall–Kier alpha value is -3.29. The number of piperidine rings is 1. The summed E-state index contributed by atoms with van der Waals surface area (Å²) in [6, 6.07) is 6.00. The summed E-state index contributed by atoms with van der Waals surface area (Å²) in [5, 5.41) is 7.29. The minimum Gasteiger partial charge on any atom is -0.361 e. The summed E-state index contributed by atoms with van der Waals surface area (Å²) in [7, 11) is 0.